The molecule has 1 aromatic heterocycles. The molecule has 3 rings (SSSR count). The summed E-state index contributed by atoms with van der Waals surface area (Å²) in [5.41, 5.74) is 1.03. The van der Waals surface area contributed by atoms with E-state index in [0.29, 0.717) is 29.6 Å². The topological polar surface area (TPSA) is 76.3 Å². The quantitative estimate of drug-likeness (QED) is 0.845. The highest BCUT2D eigenvalue weighted by molar-refractivity contribution is 7.89. The lowest BCUT2D eigenvalue weighted by atomic mass is 10.1. The first-order valence-corrected chi connectivity index (χ1v) is 9.75. The van der Waals surface area contributed by atoms with Gasteiger partial charge in [0.2, 0.25) is 15.9 Å². The summed E-state index contributed by atoms with van der Waals surface area (Å²) in [5.74, 6) is 1.16. The third-order valence-electron chi connectivity index (χ3n) is 4.34. The second-order valence-corrected chi connectivity index (χ2v) is 8.48. The van der Waals surface area contributed by atoms with Crippen LogP contribution in [0.2, 0.25) is 0 Å². The van der Waals surface area contributed by atoms with E-state index in [1.54, 1.807) is 12.1 Å². The maximum atomic E-state index is 13.1. The number of aromatic nitrogens is 2. The number of benzene rings is 1. The number of piperidine rings is 1. The molecular formula is C17H23N3O3S. The first-order valence-electron chi connectivity index (χ1n) is 8.31. The summed E-state index contributed by atoms with van der Waals surface area (Å²) in [5, 5.41) is 3.98. The van der Waals surface area contributed by atoms with Gasteiger partial charge in [-0.25, -0.2) is 8.42 Å². The van der Waals surface area contributed by atoms with Gasteiger partial charge >= 0.3 is 0 Å². The maximum absolute atomic E-state index is 13.1. The van der Waals surface area contributed by atoms with Crippen molar-refractivity contribution in [1.29, 1.82) is 0 Å². The third-order valence-corrected chi connectivity index (χ3v) is 6.26. The van der Waals surface area contributed by atoms with Crippen LogP contribution in [0.4, 0.5) is 0 Å². The van der Waals surface area contributed by atoms with Crippen LogP contribution in [-0.4, -0.2) is 29.4 Å². The summed E-state index contributed by atoms with van der Waals surface area (Å²) < 4.78 is 33.0. The van der Waals surface area contributed by atoms with E-state index in [1.165, 1.54) is 4.31 Å². The SMILES string of the molecule is Cc1ccc(S(=O)(=O)N2CCCC[C@H]2c2nc(C(C)C)no2)cc1. The van der Waals surface area contributed by atoms with Crippen molar-refractivity contribution in [2.24, 2.45) is 0 Å². The molecule has 1 saturated heterocycles. The van der Waals surface area contributed by atoms with Crippen LogP contribution in [-0.2, 0) is 10.0 Å². The van der Waals surface area contributed by atoms with Crippen LogP contribution in [0.5, 0.6) is 0 Å². The van der Waals surface area contributed by atoms with Crippen LogP contribution in [0, 0.1) is 6.92 Å². The largest absolute Gasteiger partial charge is 0.338 e. The summed E-state index contributed by atoms with van der Waals surface area (Å²) in [7, 11) is -3.58. The van der Waals surface area contributed by atoms with Crippen molar-refractivity contribution in [2.45, 2.75) is 56.9 Å². The molecule has 1 fully saturated rings. The van der Waals surface area contributed by atoms with Gasteiger partial charge in [0.15, 0.2) is 5.82 Å². The average Bonchev–Trinajstić information content (AvgIpc) is 3.05. The summed E-state index contributed by atoms with van der Waals surface area (Å²) in [6.07, 6.45) is 2.49. The van der Waals surface area contributed by atoms with Gasteiger partial charge < -0.3 is 4.52 Å². The molecule has 0 amide bonds. The van der Waals surface area contributed by atoms with Crippen molar-refractivity contribution in [3.8, 4) is 0 Å². The number of sulfonamides is 1. The first-order chi connectivity index (χ1) is 11.4. The zero-order valence-electron chi connectivity index (χ0n) is 14.3. The Bertz CT molecular complexity index is 797. The molecule has 130 valence electrons. The number of hydrogen-bond donors (Lipinski definition) is 0. The second-order valence-electron chi connectivity index (χ2n) is 6.59. The van der Waals surface area contributed by atoms with Gasteiger partial charge in [0, 0.05) is 12.5 Å². The molecule has 0 unspecified atom stereocenters. The Labute approximate surface area is 142 Å². The minimum Gasteiger partial charge on any atom is -0.338 e. The minimum atomic E-state index is -3.58. The van der Waals surface area contributed by atoms with Crippen molar-refractivity contribution in [2.75, 3.05) is 6.54 Å². The van der Waals surface area contributed by atoms with Crippen LogP contribution < -0.4 is 0 Å². The second kappa shape index (κ2) is 6.64. The normalized spacial score (nSPS) is 19.8. The summed E-state index contributed by atoms with van der Waals surface area (Å²) >= 11 is 0. The van der Waals surface area contributed by atoms with Gasteiger partial charge in [-0.2, -0.15) is 9.29 Å². The molecule has 0 saturated carbocycles. The summed E-state index contributed by atoms with van der Waals surface area (Å²) in [6, 6.07) is 6.56. The van der Waals surface area contributed by atoms with Gasteiger partial charge in [0.25, 0.3) is 0 Å². The molecule has 24 heavy (non-hydrogen) atoms. The smallest absolute Gasteiger partial charge is 0.245 e. The Kier molecular flexibility index (Phi) is 4.73. The van der Waals surface area contributed by atoms with Crippen molar-refractivity contribution in [3.63, 3.8) is 0 Å². The Hall–Kier alpha value is -1.73. The Balaban J connectivity index is 1.95. The number of rotatable bonds is 4. The molecule has 6 nitrogen and oxygen atoms in total. The third kappa shape index (κ3) is 3.23. The molecule has 0 N–H and O–H groups in total. The van der Waals surface area contributed by atoms with Crippen LogP contribution in [0.1, 0.15) is 62.3 Å². The molecule has 1 atom stereocenters. The van der Waals surface area contributed by atoms with Gasteiger partial charge in [-0.15, -0.1) is 0 Å². The van der Waals surface area contributed by atoms with Crippen molar-refractivity contribution >= 4 is 10.0 Å². The number of aryl methyl sites for hydroxylation is 1. The van der Waals surface area contributed by atoms with E-state index >= 15 is 0 Å². The van der Waals surface area contributed by atoms with Crippen LogP contribution in [0.25, 0.3) is 0 Å². The molecule has 2 heterocycles. The zero-order valence-corrected chi connectivity index (χ0v) is 15.1. The minimum absolute atomic E-state index is 0.147. The van der Waals surface area contributed by atoms with E-state index in [4.69, 9.17) is 4.52 Å². The fraction of sp³-hybridized carbons (Fsp3) is 0.529. The fourth-order valence-corrected chi connectivity index (χ4v) is 4.55. The van der Waals surface area contributed by atoms with Gasteiger partial charge in [-0.1, -0.05) is 43.1 Å². The first kappa shape index (κ1) is 17.1. The van der Waals surface area contributed by atoms with E-state index in [1.807, 2.05) is 32.9 Å². The predicted molar refractivity (Wildman–Crippen MR) is 90.0 cm³/mol. The van der Waals surface area contributed by atoms with E-state index < -0.39 is 10.0 Å². The molecular weight excluding hydrogens is 326 g/mol. The van der Waals surface area contributed by atoms with Gasteiger partial charge in [-0.3, -0.25) is 0 Å². The Morgan fingerprint density at radius 3 is 2.54 bits per heavy atom. The summed E-state index contributed by atoms with van der Waals surface area (Å²) in [6.45, 7) is 6.37. The Morgan fingerprint density at radius 1 is 1.21 bits per heavy atom. The monoisotopic (exact) mass is 349 g/mol. The van der Waals surface area contributed by atoms with Crippen molar-refractivity contribution < 1.29 is 12.9 Å². The van der Waals surface area contributed by atoms with Crippen LogP contribution in [0.3, 0.4) is 0 Å². The zero-order chi connectivity index (χ0) is 17.3. The Morgan fingerprint density at radius 2 is 1.92 bits per heavy atom. The molecule has 1 aromatic carbocycles. The molecule has 0 radical (unpaired) electrons. The van der Waals surface area contributed by atoms with Gasteiger partial charge in [0.1, 0.15) is 6.04 Å². The lowest BCUT2D eigenvalue weighted by Gasteiger charge is -2.32. The van der Waals surface area contributed by atoms with Crippen molar-refractivity contribution in [3.05, 3.63) is 41.5 Å². The molecule has 0 aliphatic carbocycles. The van der Waals surface area contributed by atoms with E-state index in [2.05, 4.69) is 10.1 Å². The highest BCUT2D eigenvalue weighted by atomic mass is 32.2. The van der Waals surface area contributed by atoms with E-state index in [0.717, 1.165) is 18.4 Å². The highest BCUT2D eigenvalue weighted by Gasteiger charge is 2.37. The lowest BCUT2D eigenvalue weighted by molar-refractivity contribution is 0.204. The van der Waals surface area contributed by atoms with Crippen LogP contribution >= 0.6 is 0 Å². The van der Waals surface area contributed by atoms with Gasteiger partial charge in [0.05, 0.1) is 4.90 Å². The van der Waals surface area contributed by atoms with Gasteiger partial charge in [-0.05, 0) is 31.9 Å². The lowest BCUT2D eigenvalue weighted by Crippen LogP contribution is -2.38. The number of nitrogens with zero attached hydrogens (tertiary/aromatic N) is 3. The van der Waals surface area contributed by atoms with Crippen LogP contribution in [0.15, 0.2) is 33.7 Å². The highest BCUT2D eigenvalue weighted by Crippen LogP contribution is 2.35. The van der Waals surface area contributed by atoms with Crippen molar-refractivity contribution in [1.82, 2.24) is 14.4 Å². The average molecular weight is 349 g/mol. The molecule has 1 aliphatic heterocycles. The maximum Gasteiger partial charge on any atom is 0.245 e. The molecule has 2 aromatic rings. The molecule has 0 spiro atoms. The standard InChI is InChI=1S/C17H23N3O3S/c1-12(2)16-18-17(23-19-16)15-6-4-5-11-20(15)24(21,22)14-9-7-13(3)8-10-14/h7-10,12,15H,4-6,11H2,1-3H3/t15-/m0/s1. The van der Waals surface area contributed by atoms with E-state index in [9.17, 15) is 8.42 Å². The fourth-order valence-electron chi connectivity index (χ4n) is 2.90. The molecule has 7 heteroatoms. The summed E-state index contributed by atoms with van der Waals surface area (Å²) in [4.78, 5) is 4.73. The number of hydrogen-bond acceptors (Lipinski definition) is 5. The van der Waals surface area contributed by atoms with E-state index in [-0.39, 0.29) is 12.0 Å². The predicted octanol–water partition coefficient (Wildman–Crippen LogP) is 3.42. The molecule has 1 aliphatic rings. The molecule has 0 bridgehead atoms.